The van der Waals surface area contributed by atoms with Gasteiger partial charge >= 0.3 is 24.1 Å². The van der Waals surface area contributed by atoms with Gasteiger partial charge in [-0.15, -0.1) is 23.1 Å². The van der Waals surface area contributed by atoms with Crippen LogP contribution in [0.3, 0.4) is 0 Å². The predicted octanol–water partition coefficient (Wildman–Crippen LogP) is 0.233. The van der Waals surface area contributed by atoms with E-state index in [0.29, 0.717) is 5.57 Å². The Morgan fingerprint density at radius 1 is 1.21 bits per heavy atom. The number of nitrogens with zero attached hydrogens (tertiary/aromatic N) is 3. The first kappa shape index (κ1) is 30.5. The van der Waals surface area contributed by atoms with Crippen LogP contribution in [0, 0.1) is 0 Å². The van der Waals surface area contributed by atoms with Crippen LogP contribution in [0.25, 0.3) is 0 Å². The zero-order chi connectivity index (χ0) is 30.6. The Balaban J connectivity index is 1.53. The van der Waals surface area contributed by atoms with E-state index in [-0.39, 0.29) is 41.2 Å². The molecule has 16 nitrogen and oxygen atoms in total. The number of thioether (sulfide) groups is 1. The summed E-state index contributed by atoms with van der Waals surface area (Å²) in [7, 11) is 0. The zero-order valence-electron chi connectivity index (χ0n) is 22.4. The number of nitrogen functional groups attached to an aromatic ring is 1. The number of hydrogen-bond acceptors (Lipinski definition) is 16. The van der Waals surface area contributed by atoms with Gasteiger partial charge in [0.25, 0.3) is 11.8 Å². The lowest BCUT2D eigenvalue weighted by Crippen LogP contribution is -2.71. The van der Waals surface area contributed by atoms with Crippen LogP contribution in [0.4, 0.5) is 9.93 Å². The van der Waals surface area contributed by atoms with Crippen molar-refractivity contribution in [1.29, 1.82) is 0 Å². The third-order valence-corrected chi connectivity index (χ3v) is 7.83. The maximum atomic E-state index is 13.3. The molecule has 4 rings (SSSR count). The fraction of sp³-hybridized carbons (Fsp3) is 0.417. The molecule has 4 atom stereocenters. The van der Waals surface area contributed by atoms with E-state index in [9.17, 15) is 28.8 Å². The number of nitrogens with two attached hydrogens (primary N) is 1. The van der Waals surface area contributed by atoms with Gasteiger partial charge in [-0.3, -0.25) is 19.3 Å². The number of carbonyl (C=O) groups excluding carboxylic acids is 6. The fourth-order valence-corrected chi connectivity index (χ4v) is 5.77. The van der Waals surface area contributed by atoms with Gasteiger partial charge in [0, 0.05) is 25.0 Å². The molecule has 0 bridgehead atoms. The largest absolute Gasteiger partial charge is 0.509 e. The summed E-state index contributed by atoms with van der Waals surface area (Å²) in [5.74, 6) is -3.44. The first-order chi connectivity index (χ1) is 20.0. The zero-order valence-corrected chi connectivity index (χ0v) is 24.0. The number of aromatic nitrogens is 1. The van der Waals surface area contributed by atoms with Crippen molar-refractivity contribution in [2.45, 2.75) is 44.4 Å². The van der Waals surface area contributed by atoms with E-state index < -0.39 is 59.5 Å². The molecule has 3 aliphatic heterocycles. The average molecular weight is 624 g/mol. The minimum atomic E-state index is -1.08. The highest BCUT2D eigenvalue weighted by Gasteiger charge is 2.54. The van der Waals surface area contributed by atoms with E-state index in [4.69, 9.17) is 24.7 Å². The van der Waals surface area contributed by atoms with Crippen molar-refractivity contribution in [3.8, 4) is 0 Å². The van der Waals surface area contributed by atoms with Crippen molar-refractivity contribution in [2.24, 2.45) is 5.16 Å². The predicted molar refractivity (Wildman–Crippen MR) is 144 cm³/mol. The molecule has 1 aromatic rings. The lowest BCUT2D eigenvalue weighted by atomic mass is 10.0. The number of cyclic esters (lactones) is 2. The van der Waals surface area contributed by atoms with Crippen molar-refractivity contribution in [2.75, 3.05) is 24.7 Å². The van der Waals surface area contributed by atoms with Gasteiger partial charge in [0.1, 0.15) is 42.1 Å². The molecule has 0 radical (unpaired) electrons. The molecule has 3 aliphatic rings. The molecule has 0 aliphatic carbocycles. The van der Waals surface area contributed by atoms with Gasteiger partial charge < -0.3 is 34.8 Å². The van der Waals surface area contributed by atoms with Crippen LogP contribution >= 0.6 is 23.1 Å². The molecule has 2 fully saturated rings. The van der Waals surface area contributed by atoms with Gasteiger partial charge in [0.2, 0.25) is 0 Å². The van der Waals surface area contributed by atoms with Crippen molar-refractivity contribution in [3.63, 3.8) is 0 Å². The van der Waals surface area contributed by atoms with E-state index in [1.165, 1.54) is 41.1 Å². The second kappa shape index (κ2) is 13.0. The Labute approximate surface area is 246 Å². The molecule has 2 amide bonds. The van der Waals surface area contributed by atoms with Gasteiger partial charge in [-0.25, -0.2) is 19.4 Å². The highest BCUT2D eigenvalue weighted by atomic mass is 32.2. The molecule has 0 spiro atoms. The van der Waals surface area contributed by atoms with E-state index >= 15 is 0 Å². The Kier molecular flexibility index (Phi) is 9.46. The Morgan fingerprint density at radius 3 is 2.60 bits per heavy atom. The summed E-state index contributed by atoms with van der Waals surface area (Å²) in [5, 5.41) is 6.97. The first-order valence-corrected chi connectivity index (χ1v) is 14.2. The topological polar surface area (TPSA) is 215 Å². The number of ether oxygens (including phenoxy) is 4. The SMILES string of the molecule is CC(=O)OC/C=C/C1=C(C(=O)OCC2OC(=O)OC2C)N2C(=O)[C@@H](NC(=O)/C(=N\OC(C)=O)c3csc(N)n3)[C@@H]2SC1. The molecule has 1 aromatic heterocycles. The Hall–Kier alpha value is -4.45. The molecule has 42 heavy (non-hydrogen) atoms. The van der Waals surface area contributed by atoms with Gasteiger partial charge in [-0.1, -0.05) is 11.2 Å². The van der Waals surface area contributed by atoms with Crippen molar-refractivity contribution in [3.05, 3.63) is 34.5 Å². The standard InChI is InChI=1S/C24H25N5O11S2/c1-10-15(39-24(35)38-10)7-37-22(34)18-13(5-4-6-36-11(2)30)8-41-21-17(20(33)29(18)21)27-19(32)16(28-40-12(3)31)14-9-42-23(25)26-14/h4-5,9-10,15,17,21H,6-8H2,1-3H3,(H2,25,26)(H,27,32)/b5-4+,28-16-/t10?,15?,17-,21+/m1/s1. The number of amides is 2. The number of rotatable bonds is 10. The second-order valence-electron chi connectivity index (χ2n) is 8.86. The van der Waals surface area contributed by atoms with E-state index in [1.807, 2.05) is 0 Å². The third-order valence-electron chi connectivity index (χ3n) is 5.86. The number of allylic oxidation sites excluding steroid dienone is 1. The molecule has 2 unspecified atom stereocenters. The quantitative estimate of drug-likeness (QED) is 0.0891. The summed E-state index contributed by atoms with van der Waals surface area (Å²) in [6.07, 6.45) is 0.644. The van der Waals surface area contributed by atoms with Crippen LogP contribution in [-0.4, -0.2) is 94.1 Å². The summed E-state index contributed by atoms with van der Waals surface area (Å²) < 4.78 is 20.1. The summed E-state index contributed by atoms with van der Waals surface area (Å²) >= 11 is 2.28. The van der Waals surface area contributed by atoms with Crippen LogP contribution in [0.5, 0.6) is 0 Å². The van der Waals surface area contributed by atoms with Crippen LogP contribution in [0.15, 0.2) is 34.0 Å². The van der Waals surface area contributed by atoms with Crippen molar-refractivity contribution < 1.29 is 52.6 Å². The molecule has 224 valence electrons. The number of esters is 2. The molecular formula is C24H25N5O11S2. The summed E-state index contributed by atoms with van der Waals surface area (Å²) in [4.78, 5) is 83.2. The van der Waals surface area contributed by atoms with Crippen LogP contribution < -0.4 is 11.1 Å². The molecule has 0 saturated carbocycles. The normalized spacial score (nSPS) is 23.5. The maximum Gasteiger partial charge on any atom is 0.509 e. The lowest BCUT2D eigenvalue weighted by Gasteiger charge is -2.49. The van der Waals surface area contributed by atoms with Gasteiger partial charge in [-0.05, 0) is 18.6 Å². The van der Waals surface area contributed by atoms with E-state index in [1.54, 1.807) is 6.92 Å². The second-order valence-corrected chi connectivity index (χ2v) is 10.9. The summed E-state index contributed by atoms with van der Waals surface area (Å²) in [5.41, 5.74) is 5.62. The molecule has 18 heteroatoms. The average Bonchev–Trinajstić information content (AvgIpc) is 3.50. The number of fused-ring (bicyclic) bond motifs is 1. The van der Waals surface area contributed by atoms with E-state index in [2.05, 4.69) is 20.3 Å². The van der Waals surface area contributed by atoms with Gasteiger partial charge in [0.15, 0.2) is 16.9 Å². The molecular weight excluding hydrogens is 598 g/mol. The number of hydrogen-bond donors (Lipinski definition) is 2. The maximum absolute atomic E-state index is 13.3. The number of β-lactam (4-membered cyclic amide) rings is 1. The van der Waals surface area contributed by atoms with Crippen molar-refractivity contribution >= 4 is 69.8 Å². The monoisotopic (exact) mass is 623 g/mol. The fourth-order valence-electron chi connectivity index (χ4n) is 3.91. The lowest BCUT2D eigenvalue weighted by molar-refractivity contribution is -0.153. The minimum absolute atomic E-state index is 0.0337. The van der Waals surface area contributed by atoms with Crippen molar-refractivity contribution in [1.82, 2.24) is 15.2 Å². The smallest absolute Gasteiger partial charge is 0.462 e. The summed E-state index contributed by atoms with van der Waals surface area (Å²) in [6, 6.07) is -1.08. The number of nitrogens with one attached hydrogen (secondary N) is 1. The number of thiazole rings is 1. The molecule has 0 aromatic carbocycles. The minimum Gasteiger partial charge on any atom is -0.462 e. The highest BCUT2D eigenvalue weighted by molar-refractivity contribution is 8.00. The summed E-state index contributed by atoms with van der Waals surface area (Å²) in [6.45, 7) is 3.52. The molecule has 2 saturated heterocycles. The Bertz CT molecular complexity index is 1400. The van der Waals surface area contributed by atoms with Crippen LogP contribution in [0.1, 0.15) is 26.5 Å². The number of anilines is 1. The Morgan fingerprint density at radius 2 is 1.98 bits per heavy atom. The van der Waals surface area contributed by atoms with Crippen LogP contribution in [0.2, 0.25) is 0 Å². The number of oxime groups is 1. The first-order valence-electron chi connectivity index (χ1n) is 12.3. The van der Waals surface area contributed by atoms with Gasteiger partial charge in [-0.2, -0.15) is 0 Å². The van der Waals surface area contributed by atoms with Crippen LogP contribution in [-0.2, 0) is 47.8 Å². The number of carbonyl (C=O) groups is 6. The van der Waals surface area contributed by atoms with E-state index in [0.717, 1.165) is 18.3 Å². The molecule has 4 heterocycles. The molecule has 3 N–H and O–H groups in total. The highest BCUT2D eigenvalue weighted by Crippen LogP contribution is 2.41. The third kappa shape index (κ3) is 6.88. The van der Waals surface area contributed by atoms with Gasteiger partial charge in [0.05, 0.1) is 0 Å².